The summed E-state index contributed by atoms with van der Waals surface area (Å²) in [7, 11) is 1.65. The van der Waals surface area contributed by atoms with E-state index in [-0.39, 0.29) is 11.9 Å². The van der Waals surface area contributed by atoms with Gasteiger partial charge in [0, 0.05) is 0 Å². The van der Waals surface area contributed by atoms with Crippen LogP contribution >= 0.6 is 0 Å². The molecule has 3 nitrogen and oxygen atoms in total. The van der Waals surface area contributed by atoms with E-state index in [1.165, 1.54) is 12.8 Å². The molecule has 1 saturated carbocycles. The molecule has 1 atom stereocenters. The van der Waals surface area contributed by atoms with Crippen molar-refractivity contribution in [2.75, 3.05) is 7.11 Å². The molecule has 1 fully saturated rings. The first-order valence-corrected chi connectivity index (χ1v) is 6.31. The first-order chi connectivity index (χ1) is 8.74. The Labute approximate surface area is 108 Å². The van der Waals surface area contributed by atoms with Crippen LogP contribution in [-0.4, -0.2) is 13.0 Å². The van der Waals surface area contributed by atoms with Crippen LogP contribution in [0.5, 0.6) is 5.75 Å². The summed E-state index contributed by atoms with van der Waals surface area (Å²) in [6.45, 7) is 1.85. The highest BCUT2D eigenvalue weighted by Gasteiger charge is 2.32. The fraction of sp³-hybridized carbons (Fsp3) is 0.400. The number of ether oxygens (including phenoxy) is 1. The molecule has 0 bridgehead atoms. The molecule has 3 heteroatoms. The summed E-state index contributed by atoms with van der Waals surface area (Å²) in [4.78, 5) is 11.7. The Kier molecular flexibility index (Phi) is 4.03. The van der Waals surface area contributed by atoms with Crippen molar-refractivity contribution in [3.63, 3.8) is 0 Å². The molecule has 1 aromatic rings. The number of allylic oxidation sites excluding steroid dienone is 1. The van der Waals surface area contributed by atoms with Crippen molar-refractivity contribution < 1.29 is 9.53 Å². The number of carbonyl (C=O) groups excluding carboxylic acids is 1. The molecule has 1 aromatic carbocycles. The van der Waals surface area contributed by atoms with E-state index >= 15 is 0 Å². The van der Waals surface area contributed by atoms with Gasteiger partial charge in [-0.3, -0.25) is 4.79 Å². The number of rotatable bonds is 5. The van der Waals surface area contributed by atoms with Crippen LogP contribution in [0.3, 0.4) is 0 Å². The SMILES string of the molecule is C/C=C/C(=O)NC(c1ccc(OC)cc1)C1CC1. The van der Waals surface area contributed by atoms with E-state index in [1.54, 1.807) is 19.3 Å². The summed E-state index contributed by atoms with van der Waals surface area (Å²) in [5.74, 6) is 1.39. The number of benzene rings is 1. The van der Waals surface area contributed by atoms with E-state index in [2.05, 4.69) is 5.32 Å². The quantitative estimate of drug-likeness (QED) is 0.810. The topological polar surface area (TPSA) is 38.3 Å². The maximum Gasteiger partial charge on any atom is 0.244 e. The van der Waals surface area contributed by atoms with Crippen LogP contribution in [0, 0.1) is 5.92 Å². The highest BCUT2D eigenvalue weighted by molar-refractivity contribution is 5.87. The van der Waals surface area contributed by atoms with Gasteiger partial charge in [0.05, 0.1) is 13.2 Å². The van der Waals surface area contributed by atoms with Gasteiger partial charge in [-0.05, 0) is 49.5 Å². The summed E-state index contributed by atoms with van der Waals surface area (Å²) >= 11 is 0. The zero-order chi connectivity index (χ0) is 13.0. The largest absolute Gasteiger partial charge is 0.497 e. The number of hydrogen-bond acceptors (Lipinski definition) is 2. The Morgan fingerprint density at radius 1 is 1.39 bits per heavy atom. The minimum Gasteiger partial charge on any atom is -0.497 e. The first-order valence-electron chi connectivity index (χ1n) is 6.31. The van der Waals surface area contributed by atoms with Gasteiger partial charge in [0.15, 0.2) is 0 Å². The third-order valence-corrected chi connectivity index (χ3v) is 3.18. The van der Waals surface area contributed by atoms with Crippen molar-refractivity contribution in [3.8, 4) is 5.75 Å². The Morgan fingerprint density at radius 2 is 2.06 bits per heavy atom. The summed E-state index contributed by atoms with van der Waals surface area (Å²) in [6.07, 6.45) is 5.70. The molecule has 0 radical (unpaired) electrons. The lowest BCUT2D eigenvalue weighted by molar-refractivity contribution is -0.117. The molecular weight excluding hydrogens is 226 g/mol. The molecule has 96 valence electrons. The average molecular weight is 245 g/mol. The maximum absolute atomic E-state index is 11.7. The number of methoxy groups -OCH3 is 1. The van der Waals surface area contributed by atoms with Crippen molar-refractivity contribution in [1.29, 1.82) is 0 Å². The van der Waals surface area contributed by atoms with Gasteiger partial charge in [0.1, 0.15) is 5.75 Å². The van der Waals surface area contributed by atoms with E-state index < -0.39 is 0 Å². The van der Waals surface area contributed by atoms with Crippen molar-refractivity contribution >= 4 is 5.91 Å². The molecule has 1 amide bonds. The second kappa shape index (κ2) is 5.71. The maximum atomic E-state index is 11.7. The first kappa shape index (κ1) is 12.7. The second-order valence-electron chi connectivity index (χ2n) is 4.60. The lowest BCUT2D eigenvalue weighted by Crippen LogP contribution is -2.28. The Morgan fingerprint density at radius 3 is 2.56 bits per heavy atom. The number of hydrogen-bond donors (Lipinski definition) is 1. The van der Waals surface area contributed by atoms with Crippen LogP contribution in [0.25, 0.3) is 0 Å². The molecule has 0 aromatic heterocycles. The van der Waals surface area contributed by atoms with Crippen LogP contribution in [0.4, 0.5) is 0 Å². The number of amides is 1. The van der Waals surface area contributed by atoms with Gasteiger partial charge in [-0.2, -0.15) is 0 Å². The summed E-state index contributed by atoms with van der Waals surface area (Å²) in [5, 5.41) is 3.07. The Bertz CT molecular complexity index is 432. The normalized spacial score (nSPS) is 16.6. The van der Waals surface area contributed by atoms with E-state index in [0.29, 0.717) is 5.92 Å². The van der Waals surface area contributed by atoms with Crippen LogP contribution in [0.15, 0.2) is 36.4 Å². The molecule has 0 aliphatic heterocycles. The third-order valence-electron chi connectivity index (χ3n) is 3.18. The van der Waals surface area contributed by atoms with Gasteiger partial charge < -0.3 is 10.1 Å². The van der Waals surface area contributed by atoms with Crippen LogP contribution in [0.1, 0.15) is 31.4 Å². The summed E-state index contributed by atoms with van der Waals surface area (Å²) < 4.78 is 5.15. The average Bonchev–Trinajstić information content (AvgIpc) is 3.21. The zero-order valence-electron chi connectivity index (χ0n) is 10.8. The molecular formula is C15H19NO2. The molecule has 1 N–H and O–H groups in total. The van der Waals surface area contributed by atoms with E-state index in [1.807, 2.05) is 31.2 Å². The van der Waals surface area contributed by atoms with Crippen molar-refractivity contribution in [2.24, 2.45) is 5.92 Å². The minimum atomic E-state index is -0.0229. The van der Waals surface area contributed by atoms with Gasteiger partial charge in [-0.1, -0.05) is 18.2 Å². The second-order valence-corrected chi connectivity index (χ2v) is 4.60. The fourth-order valence-corrected chi connectivity index (χ4v) is 2.07. The van der Waals surface area contributed by atoms with Crippen molar-refractivity contribution in [3.05, 3.63) is 42.0 Å². The van der Waals surface area contributed by atoms with Crippen molar-refractivity contribution in [1.82, 2.24) is 5.32 Å². The van der Waals surface area contributed by atoms with E-state index in [0.717, 1.165) is 11.3 Å². The van der Waals surface area contributed by atoms with Gasteiger partial charge in [-0.25, -0.2) is 0 Å². The zero-order valence-corrected chi connectivity index (χ0v) is 10.8. The Balaban J connectivity index is 2.11. The molecule has 2 rings (SSSR count). The predicted molar refractivity (Wildman–Crippen MR) is 71.4 cm³/mol. The number of carbonyl (C=O) groups is 1. The molecule has 1 aliphatic rings. The monoisotopic (exact) mass is 245 g/mol. The Hall–Kier alpha value is -1.77. The lowest BCUT2D eigenvalue weighted by Gasteiger charge is -2.18. The van der Waals surface area contributed by atoms with E-state index in [4.69, 9.17) is 4.74 Å². The highest BCUT2D eigenvalue weighted by atomic mass is 16.5. The van der Waals surface area contributed by atoms with Gasteiger partial charge in [0.25, 0.3) is 0 Å². The lowest BCUT2D eigenvalue weighted by atomic mass is 10.0. The van der Waals surface area contributed by atoms with Gasteiger partial charge in [0.2, 0.25) is 5.91 Å². The molecule has 0 heterocycles. The number of nitrogens with one attached hydrogen (secondary N) is 1. The highest BCUT2D eigenvalue weighted by Crippen LogP contribution is 2.41. The molecule has 1 unspecified atom stereocenters. The van der Waals surface area contributed by atoms with Crippen LogP contribution in [0.2, 0.25) is 0 Å². The van der Waals surface area contributed by atoms with Gasteiger partial charge >= 0.3 is 0 Å². The van der Waals surface area contributed by atoms with Crippen LogP contribution in [-0.2, 0) is 4.79 Å². The molecule has 18 heavy (non-hydrogen) atoms. The minimum absolute atomic E-state index is 0.0229. The third kappa shape index (κ3) is 3.13. The standard InChI is InChI=1S/C15H19NO2/c1-3-4-14(17)16-15(11-5-6-11)12-7-9-13(18-2)10-8-12/h3-4,7-11,15H,5-6H2,1-2H3,(H,16,17)/b4-3+. The smallest absolute Gasteiger partial charge is 0.244 e. The van der Waals surface area contributed by atoms with Crippen molar-refractivity contribution in [2.45, 2.75) is 25.8 Å². The van der Waals surface area contributed by atoms with E-state index in [9.17, 15) is 4.79 Å². The summed E-state index contributed by atoms with van der Waals surface area (Å²) in [5.41, 5.74) is 1.15. The summed E-state index contributed by atoms with van der Waals surface area (Å²) in [6, 6.07) is 8.05. The predicted octanol–water partition coefficient (Wildman–Crippen LogP) is 2.84. The van der Waals surface area contributed by atoms with Crippen LogP contribution < -0.4 is 10.1 Å². The molecule has 0 spiro atoms. The molecule has 0 saturated heterocycles. The fourth-order valence-electron chi connectivity index (χ4n) is 2.07. The molecule has 1 aliphatic carbocycles. The van der Waals surface area contributed by atoms with Gasteiger partial charge in [-0.15, -0.1) is 0 Å².